The largest absolute Gasteiger partial charge is 0.368 e. The Morgan fingerprint density at radius 2 is 2.38 bits per heavy atom. The van der Waals surface area contributed by atoms with Crippen molar-refractivity contribution < 1.29 is 4.74 Å². The number of aromatic nitrogens is 4. The zero-order valence-electron chi connectivity index (χ0n) is 12.5. The van der Waals surface area contributed by atoms with E-state index in [2.05, 4.69) is 27.4 Å². The van der Waals surface area contributed by atoms with Crippen molar-refractivity contribution in [1.82, 2.24) is 24.6 Å². The lowest BCUT2D eigenvalue weighted by molar-refractivity contribution is -0.0388. The van der Waals surface area contributed by atoms with E-state index in [1.54, 1.807) is 17.7 Å². The summed E-state index contributed by atoms with van der Waals surface area (Å²) in [4.78, 5) is 7.08. The van der Waals surface area contributed by atoms with Gasteiger partial charge in [-0.15, -0.1) is 21.5 Å². The highest BCUT2D eigenvalue weighted by Crippen LogP contribution is 2.22. The molecule has 1 fully saturated rings. The van der Waals surface area contributed by atoms with Crippen molar-refractivity contribution in [3.63, 3.8) is 0 Å². The Labute approximate surface area is 128 Å². The van der Waals surface area contributed by atoms with Gasteiger partial charge in [-0.1, -0.05) is 6.92 Å². The van der Waals surface area contributed by atoms with Crippen LogP contribution in [0.15, 0.2) is 11.7 Å². The van der Waals surface area contributed by atoms with Crippen molar-refractivity contribution >= 4 is 11.3 Å². The SMILES string of the molecule is CCCc1nc(CN2CCO[C@H](c3nncn3C)C2)cs1. The summed E-state index contributed by atoms with van der Waals surface area (Å²) in [5.41, 5.74) is 1.17. The molecule has 1 aliphatic heterocycles. The van der Waals surface area contributed by atoms with Gasteiger partial charge in [-0.2, -0.15) is 0 Å². The van der Waals surface area contributed by atoms with Gasteiger partial charge in [-0.05, 0) is 12.8 Å². The molecule has 2 aromatic heterocycles. The second kappa shape index (κ2) is 6.64. The highest BCUT2D eigenvalue weighted by atomic mass is 32.1. The second-order valence-electron chi connectivity index (χ2n) is 5.38. The lowest BCUT2D eigenvalue weighted by Gasteiger charge is -2.31. The first-order chi connectivity index (χ1) is 10.3. The van der Waals surface area contributed by atoms with Crippen LogP contribution in [-0.2, 0) is 24.8 Å². The van der Waals surface area contributed by atoms with E-state index < -0.39 is 0 Å². The molecule has 1 saturated heterocycles. The van der Waals surface area contributed by atoms with Gasteiger partial charge in [-0.3, -0.25) is 4.90 Å². The van der Waals surface area contributed by atoms with E-state index in [9.17, 15) is 0 Å². The maximum Gasteiger partial charge on any atom is 0.163 e. The molecule has 0 bridgehead atoms. The molecular weight excluding hydrogens is 286 g/mol. The summed E-state index contributed by atoms with van der Waals surface area (Å²) in [5.74, 6) is 0.893. The summed E-state index contributed by atoms with van der Waals surface area (Å²) in [6.45, 7) is 5.58. The normalized spacial score (nSPS) is 20.0. The van der Waals surface area contributed by atoms with Gasteiger partial charge in [0.05, 0.1) is 17.3 Å². The predicted octanol–water partition coefficient (Wildman–Crippen LogP) is 1.80. The molecule has 3 rings (SSSR count). The van der Waals surface area contributed by atoms with E-state index >= 15 is 0 Å². The number of morpholine rings is 1. The standard InChI is InChI=1S/C14H21N5OS/c1-3-4-13-16-11(9-21-13)7-19-5-6-20-12(8-19)14-17-15-10-18(14)2/h9-10,12H,3-8H2,1-2H3/t12-/m0/s1. The number of ether oxygens (including phenoxy) is 1. The third-order valence-electron chi connectivity index (χ3n) is 3.63. The van der Waals surface area contributed by atoms with Crippen LogP contribution in [0.1, 0.15) is 36.0 Å². The number of hydrogen-bond acceptors (Lipinski definition) is 6. The van der Waals surface area contributed by atoms with Crippen LogP contribution in [0.4, 0.5) is 0 Å². The van der Waals surface area contributed by atoms with Crippen LogP contribution in [-0.4, -0.2) is 44.3 Å². The molecule has 0 spiro atoms. The van der Waals surface area contributed by atoms with Crippen molar-refractivity contribution in [3.05, 3.63) is 28.2 Å². The zero-order valence-corrected chi connectivity index (χ0v) is 13.3. The topological polar surface area (TPSA) is 56.1 Å². The van der Waals surface area contributed by atoms with E-state index in [1.807, 2.05) is 11.6 Å². The van der Waals surface area contributed by atoms with Crippen LogP contribution in [0.25, 0.3) is 0 Å². The van der Waals surface area contributed by atoms with Crippen LogP contribution in [0.3, 0.4) is 0 Å². The minimum atomic E-state index is -0.00000192. The summed E-state index contributed by atoms with van der Waals surface area (Å²) in [5, 5.41) is 11.5. The Morgan fingerprint density at radius 3 is 3.14 bits per heavy atom. The Hall–Kier alpha value is -1.31. The van der Waals surface area contributed by atoms with Crippen molar-refractivity contribution in [1.29, 1.82) is 0 Å². The molecule has 3 heterocycles. The van der Waals surface area contributed by atoms with Gasteiger partial charge in [0.2, 0.25) is 0 Å². The maximum absolute atomic E-state index is 5.83. The Kier molecular flexibility index (Phi) is 4.62. The summed E-state index contributed by atoms with van der Waals surface area (Å²) >= 11 is 1.77. The summed E-state index contributed by atoms with van der Waals surface area (Å²) in [6.07, 6.45) is 3.95. The number of hydrogen-bond donors (Lipinski definition) is 0. The Bertz CT molecular complexity index is 581. The smallest absolute Gasteiger partial charge is 0.163 e. The molecule has 21 heavy (non-hydrogen) atoms. The molecule has 0 saturated carbocycles. The number of thiazole rings is 1. The minimum absolute atomic E-state index is 0.00000192. The summed E-state index contributed by atoms with van der Waals surface area (Å²) in [6, 6.07) is 0. The van der Waals surface area contributed by atoms with Gasteiger partial charge in [0.15, 0.2) is 5.82 Å². The highest BCUT2D eigenvalue weighted by Gasteiger charge is 2.25. The molecule has 6 nitrogen and oxygen atoms in total. The molecule has 0 aliphatic carbocycles. The van der Waals surface area contributed by atoms with Gasteiger partial charge in [0.1, 0.15) is 12.4 Å². The third kappa shape index (κ3) is 3.48. The van der Waals surface area contributed by atoms with Crippen molar-refractivity contribution in [2.45, 2.75) is 32.4 Å². The third-order valence-corrected chi connectivity index (χ3v) is 4.59. The fourth-order valence-corrected chi connectivity index (χ4v) is 3.46. The van der Waals surface area contributed by atoms with Crippen molar-refractivity contribution in [2.75, 3.05) is 19.7 Å². The molecule has 1 aliphatic rings. The minimum Gasteiger partial charge on any atom is -0.368 e. The van der Waals surface area contributed by atoms with Gasteiger partial charge in [0, 0.05) is 32.1 Å². The lowest BCUT2D eigenvalue weighted by Crippen LogP contribution is -2.38. The molecular formula is C14H21N5OS. The van der Waals surface area contributed by atoms with Crippen molar-refractivity contribution in [2.24, 2.45) is 7.05 Å². The first-order valence-electron chi connectivity index (χ1n) is 7.37. The molecule has 0 radical (unpaired) electrons. The predicted molar refractivity (Wildman–Crippen MR) is 81.1 cm³/mol. The number of aryl methyl sites for hydroxylation is 2. The average Bonchev–Trinajstić information content (AvgIpc) is 3.09. The second-order valence-corrected chi connectivity index (χ2v) is 6.32. The quantitative estimate of drug-likeness (QED) is 0.843. The molecule has 114 valence electrons. The van der Waals surface area contributed by atoms with Crippen LogP contribution >= 0.6 is 11.3 Å². The average molecular weight is 307 g/mol. The van der Waals surface area contributed by atoms with Crippen LogP contribution < -0.4 is 0 Å². The Morgan fingerprint density at radius 1 is 1.48 bits per heavy atom. The zero-order chi connectivity index (χ0) is 14.7. The van der Waals surface area contributed by atoms with E-state index in [1.165, 1.54) is 10.7 Å². The van der Waals surface area contributed by atoms with Crippen LogP contribution in [0.5, 0.6) is 0 Å². The van der Waals surface area contributed by atoms with Crippen LogP contribution in [0.2, 0.25) is 0 Å². The molecule has 0 N–H and O–H groups in total. The summed E-state index contributed by atoms with van der Waals surface area (Å²) < 4.78 is 7.76. The van der Waals surface area contributed by atoms with E-state index in [0.717, 1.165) is 44.9 Å². The van der Waals surface area contributed by atoms with Gasteiger partial charge < -0.3 is 9.30 Å². The first kappa shape index (κ1) is 14.6. The van der Waals surface area contributed by atoms with Crippen molar-refractivity contribution in [3.8, 4) is 0 Å². The summed E-state index contributed by atoms with van der Waals surface area (Å²) in [7, 11) is 1.95. The van der Waals surface area contributed by atoms with E-state index in [0.29, 0.717) is 0 Å². The maximum atomic E-state index is 5.83. The van der Waals surface area contributed by atoms with Gasteiger partial charge in [-0.25, -0.2) is 4.98 Å². The lowest BCUT2D eigenvalue weighted by atomic mass is 10.2. The molecule has 0 unspecified atom stereocenters. The first-order valence-corrected chi connectivity index (χ1v) is 8.25. The molecule has 0 amide bonds. The highest BCUT2D eigenvalue weighted by molar-refractivity contribution is 7.09. The monoisotopic (exact) mass is 307 g/mol. The molecule has 1 atom stereocenters. The molecule has 0 aromatic carbocycles. The molecule has 7 heteroatoms. The van der Waals surface area contributed by atoms with Crippen LogP contribution in [0, 0.1) is 0 Å². The van der Waals surface area contributed by atoms with E-state index in [-0.39, 0.29) is 6.10 Å². The Balaban J connectivity index is 1.62. The fraction of sp³-hybridized carbons (Fsp3) is 0.643. The van der Waals surface area contributed by atoms with Gasteiger partial charge >= 0.3 is 0 Å². The number of rotatable bonds is 5. The fourth-order valence-electron chi connectivity index (χ4n) is 2.57. The van der Waals surface area contributed by atoms with E-state index in [4.69, 9.17) is 9.72 Å². The molecule has 2 aromatic rings. The number of nitrogens with zero attached hydrogens (tertiary/aromatic N) is 5. The van der Waals surface area contributed by atoms with Gasteiger partial charge in [0.25, 0.3) is 0 Å².